The Morgan fingerprint density at radius 2 is 2.29 bits per heavy atom. The first kappa shape index (κ1) is 15.6. The Kier molecular flexibility index (Phi) is 5.01. The largest absolute Gasteiger partial charge is 0.485 e. The summed E-state index contributed by atoms with van der Waals surface area (Å²) in [4.78, 5) is 12.6. The number of carboxylic acid groups (broad SMARTS) is 1. The lowest BCUT2D eigenvalue weighted by molar-refractivity contribution is 0.0697. The molecule has 0 radical (unpaired) electrons. The molecule has 21 heavy (non-hydrogen) atoms. The van der Waals surface area contributed by atoms with Crippen molar-refractivity contribution in [3.8, 4) is 5.75 Å². The number of aryl methyl sites for hydroxylation is 1. The van der Waals surface area contributed by atoms with Crippen LogP contribution in [0.2, 0.25) is 0 Å². The van der Waals surface area contributed by atoms with Crippen molar-refractivity contribution >= 4 is 17.3 Å². The number of thiophene rings is 1. The zero-order chi connectivity index (χ0) is 15.4. The molecule has 0 aliphatic carbocycles. The highest BCUT2D eigenvalue weighted by Gasteiger charge is 2.17. The van der Waals surface area contributed by atoms with Crippen molar-refractivity contribution in [1.82, 2.24) is 9.78 Å². The van der Waals surface area contributed by atoms with Crippen LogP contribution >= 0.6 is 11.3 Å². The smallest absolute Gasteiger partial charge is 0.349 e. The molecule has 0 atom stereocenters. The molecule has 0 aromatic carbocycles. The van der Waals surface area contributed by atoms with Gasteiger partial charge in [-0.15, -0.1) is 11.3 Å². The maximum absolute atomic E-state index is 11.3. The van der Waals surface area contributed by atoms with Crippen LogP contribution in [0.1, 0.15) is 53.5 Å². The summed E-state index contributed by atoms with van der Waals surface area (Å²) in [5.74, 6) is -0.500. The molecule has 5 nitrogen and oxygen atoms in total. The van der Waals surface area contributed by atoms with E-state index in [-0.39, 0.29) is 11.5 Å². The van der Waals surface area contributed by atoms with E-state index in [9.17, 15) is 9.90 Å². The third-order valence-corrected chi connectivity index (χ3v) is 4.17. The van der Waals surface area contributed by atoms with Crippen LogP contribution in [0, 0.1) is 0 Å². The molecule has 6 heteroatoms. The van der Waals surface area contributed by atoms with E-state index >= 15 is 0 Å². The zero-order valence-electron chi connectivity index (χ0n) is 12.5. The predicted molar refractivity (Wildman–Crippen MR) is 82.2 cm³/mol. The quantitative estimate of drug-likeness (QED) is 0.846. The summed E-state index contributed by atoms with van der Waals surface area (Å²) in [5, 5.41) is 13.6. The van der Waals surface area contributed by atoms with E-state index in [1.807, 2.05) is 23.0 Å². The van der Waals surface area contributed by atoms with Gasteiger partial charge >= 0.3 is 5.97 Å². The molecule has 1 N–H and O–H groups in total. The second-order valence-electron chi connectivity index (χ2n) is 5.13. The minimum atomic E-state index is -0.940. The Bertz CT molecular complexity index is 616. The highest BCUT2D eigenvalue weighted by molar-refractivity contribution is 7.14. The Labute approximate surface area is 128 Å². The zero-order valence-corrected chi connectivity index (χ0v) is 13.3. The third-order valence-electron chi connectivity index (χ3n) is 3.01. The normalized spacial score (nSPS) is 11.0. The molecule has 0 fully saturated rings. The molecule has 2 aromatic rings. The number of aromatic nitrogens is 2. The van der Waals surface area contributed by atoms with E-state index in [1.54, 1.807) is 0 Å². The lowest BCUT2D eigenvalue weighted by atomic mass is 10.3. The first-order valence-corrected chi connectivity index (χ1v) is 7.85. The van der Waals surface area contributed by atoms with Gasteiger partial charge in [-0.2, -0.15) is 5.10 Å². The highest BCUT2D eigenvalue weighted by Crippen LogP contribution is 2.30. The highest BCUT2D eigenvalue weighted by atomic mass is 32.1. The molecule has 0 amide bonds. The van der Waals surface area contributed by atoms with Gasteiger partial charge in [0, 0.05) is 17.1 Å². The van der Waals surface area contributed by atoms with Gasteiger partial charge in [-0.1, -0.05) is 13.3 Å². The molecule has 0 spiro atoms. The fourth-order valence-corrected chi connectivity index (χ4v) is 2.98. The van der Waals surface area contributed by atoms with Gasteiger partial charge in [-0.25, -0.2) is 4.79 Å². The number of hydrogen-bond donors (Lipinski definition) is 1. The topological polar surface area (TPSA) is 64.4 Å². The van der Waals surface area contributed by atoms with Crippen LogP contribution in [0.5, 0.6) is 5.75 Å². The van der Waals surface area contributed by atoms with Crippen molar-refractivity contribution in [2.24, 2.45) is 0 Å². The number of hydrogen-bond acceptors (Lipinski definition) is 4. The van der Waals surface area contributed by atoms with E-state index in [0.717, 1.165) is 23.4 Å². The second kappa shape index (κ2) is 6.76. The van der Waals surface area contributed by atoms with Crippen LogP contribution in [0.15, 0.2) is 18.3 Å². The second-order valence-corrected chi connectivity index (χ2v) is 6.27. The maximum atomic E-state index is 11.3. The lowest BCUT2D eigenvalue weighted by Crippen LogP contribution is -2.04. The van der Waals surface area contributed by atoms with Crippen molar-refractivity contribution in [2.75, 3.05) is 0 Å². The van der Waals surface area contributed by atoms with Crippen LogP contribution in [-0.4, -0.2) is 20.9 Å². The van der Waals surface area contributed by atoms with Crippen LogP contribution in [0.25, 0.3) is 0 Å². The number of carboxylic acids is 1. The van der Waals surface area contributed by atoms with Gasteiger partial charge in [-0.3, -0.25) is 4.68 Å². The van der Waals surface area contributed by atoms with E-state index in [1.165, 1.54) is 11.3 Å². The summed E-state index contributed by atoms with van der Waals surface area (Å²) in [6, 6.07) is 4.02. The van der Waals surface area contributed by atoms with E-state index in [0.29, 0.717) is 11.8 Å². The monoisotopic (exact) mass is 308 g/mol. The third kappa shape index (κ3) is 3.85. The summed E-state index contributed by atoms with van der Waals surface area (Å²) in [6.45, 7) is 6.45. The van der Waals surface area contributed by atoms with Crippen molar-refractivity contribution in [3.05, 3.63) is 33.8 Å². The van der Waals surface area contributed by atoms with Crippen molar-refractivity contribution in [2.45, 2.75) is 46.3 Å². The Balaban J connectivity index is 2.09. The fourth-order valence-electron chi connectivity index (χ4n) is 1.94. The number of carbonyl (C=O) groups is 1. The molecular weight excluding hydrogens is 288 g/mol. The summed E-state index contributed by atoms with van der Waals surface area (Å²) < 4.78 is 7.51. The molecule has 114 valence electrons. The summed E-state index contributed by atoms with van der Waals surface area (Å²) >= 11 is 1.29. The number of nitrogens with zero attached hydrogens (tertiary/aromatic N) is 2. The molecule has 0 unspecified atom stereocenters. The molecule has 2 aromatic heterocycles. The average molecular weight is 308 g/mol. The summed E-state index contributed by atoms with van der Waals surface area (Å²) in [6.07, 6.45) is 3.76. The van der Waals surface area contributed by atoms with E-state index in [2.05, 4.69) is 25.9 Å². The van der Waals surface area contributed by atoms with Crippen LogP contribution in [0.3, 0.4) is 0 Å². The van der Waals surface area contributed by atoms with Crippen molar-refractivity contribution in [1.29, 1.82) is 0 Å². The van der Waals surface area contributed by atoms with Crippen LogP contribution in [-0.2, 0) is 13.0 Å². The Morgan fingerprint density at radius 1 is 1.52 bits per heavy atom. The molecule has 2 rings (SSSR count). The summed E-state index contributed by atoms with van der Waals surface area (Å²) in [7, 11) is 0. The molecule has 0 bridgehead atoms. The molecule has 0 aliphatic heterocycles. The van der Waals surface area contributed by atoms with Gasteiger partial charge in [0.1, 0.15) is 12.4 Å². The minimum absolute atomic E-state index is 0.266. The number of aromatic carboxylic acids is 1. The lowest BCUT2D eigenvalue weighted by Gasteiger charge is -2.05. The summed E-state index contributed by atoms with van der Waals surface area (Å²) in [5.41, 5.74) is 0.795. The first-order chi connectivity index (χ1) is 10.0. The predicted octanol–water partition coefficient (Wildman–Crippen LogP) is 3.76. The van der Waals surface area contributed by atoms with E-state index in [4.69, 9.17) is 4.74 Å². The van der Waals surface area contributed by atoms with E-state index < -0.39 is 5.97 Å². The van der Waals surface area contributed by atoms with Crippen LogP contribution < -0.4 is 4.74 Å². The fraction of sp³-hybridized carbons (Fsp3) is 0.467. The van der Waals surface area contributed by atoms with Gasteiger partial charge in [0.25, 0.3) is 0 Å². The molecule has 0 saturated heterocycles. The van der Waals surface area contributed by atoms with Gasteiger partial charge in [0.15, 0.2) is 4.88 Å². The standard InChI is InChI=1S/C15H20N2O3S/c1-4-5-12-8-13(14(21-12)15(18)19)20-9-11-6-7-17(16-11)10(2)3/h6-8,10H,4-5,9H2,1-3H3,(H,18,19). The molecular formula is C15H20N2O3S. The Hall–Kier alpha value is -1.82. The Morgan fingerprint density at radius 3 is 2.86 bits per heavy atom. The number of ether oxygens (including phenoxy) is 1. The SMILES string of the molecule is CCCc1cc(OCc2ccn(C(C)C)n2)c(C(=O)O)s1. The average Bonchev–Trinajstić information content (AvgIpc) is 3.03. The van der Waals surface area contributed by atoms with Crippen molar-refractivity contribution in [3.63, 3.8) is 0 Å². The van der Waals surface area contributed by atoms with Gasteiger partial charge in [0.05, 0.1) is 5.69 Å². The minimum Gasteiger partial charge on any atom is -0.485 e. The van der Waals surface area contributed by atoms with Gasteiger partial charge in [0.2, 0.25) is 0 Å². The first-order valence-electron chi connectivity index (χ1n) is 7.04. The molecule has 0 saturated carbocycles. The van der Waals surface area contributed by atoms with Crippen molar-refractivity contribution < 1.29 is 14.6 Å². The maximum Gasteiger partial charge on any atom is 0.349 e. The van der Waals surface area contributed by atoms with Gasteiger partial charge in [-0.05, 0) is 32.4 Å². The molecule has 0 aliphatic rings. The molecule has 2 heterocycles. The number of rotatable bonds is 7. The van der Waals surface area contributed by atoms with Gasteiger partial charge < -0.3 is 9.84 Å². The van der Waals surface area contributed by atoms with Crippen LogP contribution in [0.4, 0.5) is 0 Å².